The van der Waals surface area contributed by atoms with Gasteiger partial charge in [0.05, 0.1) is 36.4 Å². The van der Waals surface area contributed by atoms with E-state index in [1.165, 1.54) is 0 Å². The van der Waals surface area contributed by atoms with Crippen LogP contribution >= 0.6 is 0 Å². The minimum absolute atomic E-state index is 0.0588. The van der Waals surface area contributed by atoms with E-state index in [1.54, 1.807) is 6.92 Å². The number of esters is 1. The third-order valence-corrected chi connectivity index (χ3v) is 11.5. The van der Waals surface area contributed by atoms with Crippen LogP contribution in [0, 0.1) is 52.3 Å². The lowest BCUT2D eigenvalue weighted by Gasteiger charge is -2.57. The van der Waals surface area contributed by atoms with E-state index in [9.17, 15) is 35.4 Å². The molecule has 0 amide bonds. The molecule has 0 aromatic heterocycles. The van der Waals surface area contributed by atoms with Gasteiger partial charge in [0.2, 0.25) is 0 Å². The van der Waals surface area contributed by atoms with Crippen LogP contribution in [0.3, 0.4) is 0 Å². The lowest BCUT2D eigenvalue weighted by molar-refractivity contribution is -0.190. The molecule has 0 aromatic rings. The number of hydrogen-bond acceptors (Lipinski definition) is 8. The van der Waals surface area contributed by atoms with E-state index in [0.29, 0.717) is 19.4 Å². The Morgan fingerprint density at radius 1 is 1.06 bits per heavy atom. The zero-order valence-corrected chi connectivity index (χ0v) is 22.5. The number of fused-ring (bicyclic) bond motifs is 5. The normalized spacial score (nSPS) is 47.0. The number of carbonyl (C=O) groups excluding carboxylic acids is 1. The minimum atomic E-state index is -1.56. The summed E-state index contributed by atoms with van der Waals surface area (Å²) in [5.74, 6) is -1.24. The van der Waals surface area contributed by atoms with Crippen molar-refractivity contribution in [3.05, 3.63) is 0 Å². The van der Waals surface area contributed by atoms with Gasteiger partial charge in [-0.25, -0.2) is 0 Å². The highest BCUT2D eigenvalue weighted by Crippen LogP contribution is 2.66. The Morgan fingerprint density at radius 3 is 2.31 bits per heavy atom. The molecule has 8 heteroatoms. The molecule has 1 aliphatic heterocycles. The summed E-state index contributed by atoms with van der Waals surface area (Å²) in [5, 5.41) is 64.5. The minimum Gasteiger partial charge on any atom is -0.465 e. The molecule has 6 N–H and O–H groups in total. The van der Waals surface area contributed by atoms with Crippen molar-refractivity contribution in [2.45, 2.75) is 103 Å². The van der Waals surface area contributed by atoms with E-state index in [2.05, 4.69) is 13.8 Å². The van der Waals surface area contributed by atoms with Gasteiger partial charge in [-0.15, -0.1) is 0 Å². The molecular weight excluding hydrogens is 464 g/mol. The molecule has 3 aliphatic carbocycles. The lowest BCUT2D eigenvalue weighted by atomic mass is 9.48. The zero-order valence-electron chi connectivity index (χ0n) is 22.5. The quantitative estimate of drug-likeness (QED) is 0.293. The molecule has 0 bridgehead atoms. The second kappa shape index (κ2) is 9.76. The second-order valence-corrected chi connectivity index (χ2v) is 13.6. The van der Waals surface area contributed by atoms with Crippen molar-refractivity contribution >= 4 is 5.97 Å². The predicted molar refractivity (Wildman–Crippen MR) is 132 cm³/mol. The summed E-state index contributed by atoms with van der Waals surface area (Å²) in [6.07, 6.45) is -0.759. The van der Waals surface area contributed by atoms with Crippen molar-refractivity contribution in [3.63, 3.8) is 0 Å². The van der Waals surface area contributed by atoms with Gasteiger partial charge in [0.1, 0.15) is 6.10 Å². The average molecular weight is 513 g/mol. The Labute approximate surface area is 215 Å². The molecule has 1 saturated heterocycles. The molecule has 4 rings (SSSR count). The highest BCUT2D eigenvalue weighted by Gasteiger charge is 2.65. The van der Waals surface area contributed by atoms with Crippen LogP contribution in [-0.2, 0) is 9.53 Å². The van der Waals surface area contributed by atoms with E-state index in [-0.39, 0.29) is 54.0 Å². The first-order valence-corrected chi connectivity index (χ1v) is 13.9. The Balaban J connectivity index is 1.61. The number of rotatable bonds is 6. The Kier molecular flexibility index (Phi) is 7.66. The van der Waals surface area contributed by atoms with Crippen molar-refractivity contribution in [2.75, 3.05) is 13.2 Å². The van der Waals surface area contributed by atoms with E-state index < -0.39 is 47.3 Å². The lowest BCUT2D eigenvalue weighted by Crippen LogP contribution is -2.59. The molecule has 3 saturated carbocycles. The van der Waals surface area contributed by atoms with Crippen LogP contribution in [-0.4, -0.2) is 79.8 Å². The van der Waals surface area contributed by atoms with Gasteiger partial charge in [0, 0.05) is 12.5 Å². The molecule has 8 nitrogen and oxygen atoms in total. The first-order chi connectivity index (χ1) is 16.7. The molecule has 13 atom stereocenters. The van der Waals surface area contributed by atoms with Gasteiger partial charge in [-0.1, -0.05) is 27.7 Å². The zero-order chi connectivity index (χ0) is 26.8. The maximum absolute atomic E-state index is 13.0. The number of cyclic esters (lactones) is 1. The van der Waals surface area contributed by atoms with Crippen LogP contribution in [0.15, 0.2) is 0 Å². The van der Waals surface area contributed by atoms with Crippen LogP contribution in [0.2, 0.25) is 0 Å². The van der Waals surface area contributed by atoms with Crippen LogP contribution < -0.4 is 0 Å². The summed E-state index contributed by atoms with van der Waals surface area (Å²) in [7, 11) is 0. The highest BCUT2D eigenvalue weighted by atomic mass is 16.5. The molecule has 208 valence electrons. The molecule has 1 heterocycles. The second-order valence-electron chi connectivity index (χ2n) is 13.6. The SMILES string of the molecule is CC(C)[C@H](CO)[C@@H](O)[C@H](O)[C@](C)(O)[C@H]1CC[C@H]2[C@@H]3COC(=O)[C@H]4C[C@H](O)[C@H](O)C[C@]4(C)[C@H]3CC[C@]12C. The molecule has 0 radical (unpaired) electrons. The van der Waals surface area contributed by atoms with Gasteiger partial charge in [0.25, 0.3) is 0 Å². The van der Waals surface area contributed by atoms with Crippen molar-refractivity contribution in [3.8, 4) is 0 Å². The van der Waals surface area contributed by atoms with Gasteiger partial charge in [-0.2, -0.15) is 0 Å². The van der Waals surface area contributed by atoms with Crippen molar-refractivity contribution in [2.24, 2.45) is 52.3 Å². The Hall–Kier alpha value is -0.770. The van der Waals surface area contributed by atoms with Crippen molar-refractivity contribution in [1.29, 1.82) is 0 Å². The Bertz CT molecular complexity index is 815. The first-order valence-electron chi connectivity index (χ1n) is 13.9. The number of aliphatic hydroxyl groups excluding tert-OH is 5. The van der Waals surface area contributed by atoms with Crippen LogP contribution in [0.25, 0.3) is 0 Å². The van der Waals surface area contributed by atoms with Gasteiger partial charge in [-0.3, -0.25) is 4.79 Å². The van der Waals surface area contributed by atoms with Crippen LogP contribution in [0.4, 0.5) is 0 Å². The number of carbonyl (C=O) groups is 1. The number of hydrogen-bond donors (Lipinski definition) is 6. The van der Waals surface area contributed by atoms with E-state index in [1.807, 2.05) is 13.8 Å². The summed E-state index contributed by atoms with van der Waals surface area (Å²) in [6.45, 7) is 9.63. The van der Waals surface area contributed by atoms with E-state index >= 15 is 0 Å². The van der Waals surface area contributed by atoms with Crippen molar-refractivity contribution < 1.29 is 40.2 Å². The highest BCUT2D eigenvalue weighted by molar-refractivity contribution is 5.74. The molecule has 0 spiro atoms. The summed E-state index contributed by atoms with van der Waals surface area (Å²) >= 11 is 0. The standard InChI is InChI=1S/C28H48O8/c1-14(2)15(12-29)23(32)24(33)28(5,35)22-7-6-17-16-13-36-25(34)19-10-20(30)21(31)11-27(19,4)18(16)8-9-26(17,22)3/h14-24,29-33,35H,6-13H2,1-5H3/t15-,16-,17-,18-,19+,20-,21+,22-,23+,24-,26-,27+,28+/m0/s1. The summed E-state index contributed by atoms with van der Waals surface area (Å²) in [6, 6.07) is 0. The largest absolute Gasteiger partial charge is 0.465 e. The monoisotopic (exact) mass is 512 g/mol. The summed E-state index contributed by atoms with van der Waals surface area (Å²) < 4.78 is 5.81. The van der Waals surface area contributed by atoms with Gasteiger partial charge < -0.3 is 35.4 Å². The fraction of sp³-hybridized carbons (Fsp3) is 0.964. The maximum Gasteiger partial charge on any atom is 0.309 e. The molecular formula is C28H48O8. The molecule has 0 aromatic carbocycles. The average Bonchev–Trinajstić information content (AvgIpc) is 3.12. The number of aliphatic hydroxyl groups is 6. The maximum atomic E-state index is 13.0. The third kappa shape index (κ3) is 4.24. The first kappa shape index (κ1) is 28.2. The van der Waals surface area contributed by atoms with E-state index in [4.69, 9.17) is 4.74 Å². The van der Waals surface area contributed by atoms with Gasteiger partial charge >= 0.3 is 5.97 Å². The van der Waals surface area contributed by atoms with E-state index in [0.717, 1.165) is 19.3 Å². The molecule has 4 aliphatic rings. The fourth-order valence-electron chi connectivity index (χ4n) is 9.25. The van der Waals surface area contributed by atoms with Crippen LogP contribution in [0.1, 0.15) is 73.1 Å². The number of ether oxygens (including phenoxy) is 1. The Morgan fingerprint density at radius 2 is 1.69 bits per heavy atom. The molecule has 4 fully saturated rings. The summed E-state index contributed by atoms with van der Waals surface area (Å²) in [4.78, 5) is 13.0. The summed E-state index contributed by atoms with van der Waals surface area (Å²) in [5.41, 5.74) is -2.36. The molecule has 36 heavy (non-hydrogen) atoms. The smallest absolute Gasteiger partial charge is 0.309 e. The van der Waals surface area contributed by atoms with Gasteiger partial charge in [-0.05, 0) is 85.9 Å². The topological polar surface area (TPSA) is 148 Å². The van der Waals surface area contributed by atoms with Crippen molar-refractivity contribution in [1.82, 2.24) is 0 Å². The molecule has 0 unspecified atom stereocenters. The van der Waals surface area contributed by atoms with Crippen LogP contribution in [0.5, 0.6) is 0 Å². The van der Waals surface area contributed by atoms with Gasteiger partial charge in [0.15, 0.2) is 0 Å². The fourth-order valence-corrected chi connectivity index (χ4v) is 9.25. The predicted octanol–water partition coefficient (Wildman–Crippen LogP) is 1.48. The third-order valence-electron chi connectivity index (χ3n) is 11.5.